The second-order valence-corrected chi connectivity index (χ2v) is 6.05. The molecule has 1 N–H and O–H groups in total. The highest BCUT2D eigenvalue weighted by atomic mass is 16.6. The molecule has 1 rings (SSSR count). The maximum atomic E-state index is 12.0. The van der Waals surface area contributed by atoms with E-state index >= 15 is 0 Å². The largest absolute Gasteiger partial charge is 0.444 e. The molecule has 18 heavy (non-hydrogen) atoms. The Labute approximate surface area is 109 Å². The second-order valence-electron chi connectivity index (χ2n) is 6.05. The van der Waals surface area contributed by atoms with E-state index in [-0.39, 0.29) is 11.8 Å². The van der Waals surface area contributed by atoms with E-state index in [9.17, 15) is 9.59 Å². The molecule has 0 saturated heterocycles. The van der Waals surface area contributed by atoms with Crippen molar-refractivity contribution in [3.05, 3.63) is 0 Å². The summed E-state index contributed by atoms with van der Waals surface area (Å²) in [6.45, 7) is 7.93. The van der Waals surface area contributed by atoms with Crippen molar-refractivity contribution in [1.29, 1.82) is 0 Å². The first-order chi connectivity index (χ1) is 8.33. The lowest BCUT2D eigenvalue weighted by atomic mass is 9.95. The lowest BCUT2D eigenvalue weighted by Gasteiger charge is -2.21. The number of carbonyl (C=O) groups excluding carboxylic acids is 2. The molecule has 0 heterocycles. The highest BCUT2D eigenvalue weighted by Gasteiger charge is 2.34. The van der Waals surface area contributed by atoms with Gasteiger partial charge in [0.15, 0.2) is 0 Å². The number of hydrogen-bond donors (Lipinski definition) is 1. The first-order valence-corrected chi connectivity index (χ1v) is 6.84. The van der Waals surface area contributed by atoms with Crippen molar-refractivity contribution in [1.82, 2.24) is 5.32 Å². The molecule has 4 heteroatoms. The number of carbonyl (C=O) groups is 2. The van der Waals surface area contributed by atoms with Crippen molar-refractivity contribution in [3.8, 4) is 0 Å². The van der Waals surface area contributed by atoms with E-state index in [0.29, 0.717) is 12.3 Å². The molecular formula is C14H25NO3. The van der Waals surface area contributed by atoms with Gasteiger partial charge in [0, 0.05) is 18.4 Å². The van der Waals surface area contributed by atoms with E-state index in [4.69, 9.17) is 4.74 Å². The van der Waals surface area contributed by atoms with Crippen LogP contribution in [-0.4, -0.2) is 24.0 Å². The second kappa shape index (κ2) is 6.21. The molecule has 1 unspecified atom stereocenters. The lowest BCUT2D eigenvalue weighted by molar-refractivity contribution is -0.124. The molecule has 0 bridgehead atoms. The topological polar surface area (TPSA) is 55.4 Å². The highest BCUT2D eigenvalue weighted by molar-refractivity contribution is 5.86. The summed E-state index contributed by atoms with van der Waals surface area (Å²) < 4.78 is 5.16. The molecule has 1 aliphatic carbocycles. The fraction of sp³-hybridized carbons (Fsp3) is 0.857. The van der Waals surface area contributed by atoms with Gasteiger partial charge in [-0.3, -0.25) is 4.79 Å². The molecule has 104 valence electrons. The van der Waals surface area contributed by atoms with Gasteiger partial charge in [-0.1, -0.05) is 13.3 Å². The number of ether oxygens (including phenoxy) is 1. The number of hydrogen-bond acceptors (Lipinski definition) is 3. The molecule has 1 saturated carbocycles. The normalized spacial score (nSPS) is 17.1. The standard InChI is InChI=1S/C14H25NO3/c1-5-6-11(12(16)10-7-8-10)9-15-13(17)18-14(2,3)4/h10-11H,5-9H2,1-4H3,(H,15,17). The van der Waals surface area contributed by atoms with Gasteiger partial charge in [0.05, 0.1) is 0 Å². The van der Waals surface area contributed by atoms with Gasteiger partial charge in [-0.05, 0) is 40.0 Å². The summed E-state index contributed by atoms with van der Waals surface area (Å²) in [5.74, 6) is 0.518. The van der Waals surface area contributed by atoms with Crippen molar-refractivity contribution in [2.75, 3.05) is 6.54 Å². The van der Waals surface area contributed by atoms with Crippen LogP contribution in [0.15, 0.2) is 0 Å². The maximum absolute atomic E-state index is 12.0. The average Bonchev–Trinajstić information content (AvgIpc) is 3.04. The van der Waals surface area contributed by atoms with Crippen LogP contribution in [0.1, 0.15) is 53.4 Å². The summed E-state index contributed by atoms with van der Waals surface area (Å²) in [6.07, 6.45) is 3.40. The van der Waals surface area contributed by atoms with Gasteiger partial charge in [0.25, 0.3) is 0 Å². The summed E-state index contributed by atoms with van der Waals surface area (Å²) in [4.78, 5) is 23.5. The third-order valence-corrected chi connectivity index (χ3v) is 2.91. The van der Waals surface area contributed by atoms with Crippen LogP contribution in [0.3, 0.4) is 0 Å². The average molecular weight is 255 g/mol. The lowest BCUT2D eigenvalue weighted by Crippen LogP contribution is -2.37. The Morgan fingerprint density at radius 2 is 1.94 bits per heavy atom. The van der Waals surface area contributed by atoms with Gasteiger partial charge in [-0.15, -0.1) is 0 Å². The molecule has 0 aliphatic heterocycles. The number of nitrogens with one attached hydrogen (secondary N) is 1. The monoisotopic (exact) mass is 255 g/mol. The summed E-state index contributed by atoms with van der Waals surface area (Å²) in [7, 11) is 0. The minimum Gasteiger partial charge on any atom is -0.444 e. The molecule has 1 amide bonds. The fourth-order valence-electron chi connectivity index (χ4n) is 1.92. The van der Waals surface area contributed by atoms with E-state index in [1.54, 1.807) is 0 Å². The zero-order chi connectivity index (χ0) is 13.8. The Hall–Kier alpha value is -1.06. The van der Waals surface area contributed by atoms with Crippen LogP contribution >= 0.6 is 0 Å². The number of amides is 1. The van der Waals surface area contributed by atoms with Crippen molar-refractivity contribution in [3.63, 3.8) is 0 Å². The van der Waals surface area contributed by atoms with Gasteiger partial charge in [0.2, 0.25) is 0 Å². The van der Waals surface area contributed by atoms with E-state index < -0.39 is 11.7 Å². The van der Waals surface area contributed by atoms with Gasteiger partial charge in [-0.2, -0.15) is 0 Å². The Morgan fingerprint density at radius 3 is 2.39 bits per heavy atom. The first kappa shape index (κ1) is 15.0. The van der Waals surface area contributed by atoms with Crippen LogP contribution in [-0.2, 0) is 9.53 Å². The highest BCUT2D eigenvalue weighted by Crippen LogP contribution is 2.33. The Morgan fingerprint density at radius 1 is 1.33 bits per heavy atom. The van der Waals surface area contributed by atoms with Crippen LogP contribution in [0.4, 0.5) is 4.79 Å². The molecule has 0 radical (unpaired) electrons. The van der Waals surface area contributed by atoms with E-state index in [1.807, 2.05) is 20.8 Å². The van der Waals surface area contributed by atoms with Gasteiger partial charge in [0.1, 0.15) is 11.4 Å². The van der Waals surface area contributed by atoms with Gasteiger partial charge in [-0.25, -0.2) is 4.79 Å². The molecule has 1 aliphatic rings. The zero-order valence-electron chi connectivity index (χ0n) is 11.9. The van der Waals surface area contributed by atoms with Gasteiger partial charge >= 0.3 is 6.09 Å². The predicted molar refractivity (Wildman–Crippen MR) is 70.4 cm³/mol. The smallest absolute Gasteiger partial charge is 0.407 e. The van der Waals surface area contributed by atoms with E-state index in [1.165, 1.54) is 0 Å². The van der Waals surface area contributed by atoms with Crippen LogP contribution in [0.5, 0.6) is 0 Å². The zero-order valence-corrected chi connectivity index (χ0v) is 11.9. The molecule has 1 atom stereocenters. The number of rotatable bonds is 6. The molecule has 4 nitrogen and oxygen atoms in total. The third-order valence-electron chi connectivity index (χ3n) is 2.91. The van der Waals surface area contributed by atoms with E-state index in [2.05, 4.69) is 12.2 Å². The summed E-state index contributed by atoms with van der Waals surface area (Å²) >= 11 is 0. The summed E-state index contributed by atoms with van der Waals surface area (Å²) in [6, 6.07) is 0. The maximum Gasteiger partial charge on any atom is 0.407 e. The third kappa shape index (κ3) is 5.52. The number of ketones is 1. The van der Waals surface area contributed by atoms with Crippen LogP contribution in [0.2, 0.25) is 0 Å². The molecule has 0 aromatic rings. The first-order valence-electron chi connectivity index (χ1n) is 6.84. The minimum atomic E-state index is -0.495. The number of alkyl carbamates (subject to hydrolysis) is 1. The van der Waals surface area contributed by atoms with Gasteiger partial charge < -0.3 is 10.1 Å². The van der Waals surface area contributed by atoms with Crippen molar-refractivity contribution >= 4 is 11.9 Å². The van der Waals surface area contributed by atoms with Crippen LogP contribution < -0.4 is 5.32 Å². The molecule has 0 aromatic heterocycles. The molecule has 1 fully saturated rings. The SMILES string of the molecule is CCCC(CNC(=O)OC(C)(C)C)C(=O)C1CC1. The summed E-state index contributed by atoms with van der Waals surface area (Å²) in [5, 5.41) is 2.71. The molecule has 0 spiro atoms. The minimum absolute atomic E-state index is 0.0463. The Balaban J connectivity index is 2.37. The quantitative estimate of drug-likeness (QED) is 0.794. The fourth-order valence-corrected chi connectivity index (χ4v) is 1.92. The van der Waals surface area contributed by atoms with Crippen molar-refractivity contribution < 1.29 is 14.3 Å². The van der Waals surface area contributed by atoms with E-state index in [0.717, 1.165) is 25.7 Å². The Bertz CT molecular complexity index is 303. The molecule has 0 aromatic carbocycles. The molecular weight excluding hydrogens is 230 g/mol. The number of Topliss-reactive ketones (excluding diaryl/α,β-unsaturated/α-hetero) is 1. The predicted octanol–water partition coefficient (Wildman–Crippen LogP) is 2.91. The van der Waals surface area contributed by atoms with Crippen LogP contribution in [0, 0.1) is 11.8 Å². The Kier molecular flexibility index (Phi) is 5.17. The van der Waals surface area contributed by atoms with Crippen molar-refractivity contribution in [2.45, 2.75) is 59.0 Å². The van der Waals surface area contributed by atoms with Crippen LogP contribution in [0.25, 0.3) is 0 Å². The van der Waals surface area contributed by atoms with Crippen molar-refractivity contribution in [2.24, 2.45) is 11.8 Å². The summed E-state index contributed by atoms with van der Waals surface area (Å²) in [5.41, 5.74) is -0.495.